The molecule has 25 heavy (non-hydrogen) atoms. The Morgan fingerprint density at radius 3 is 2.56 bits per heavy atom. The third-order valence-electron chi connectivity index (χ3n) is 3.41. The number of thiazole rings is 1. The number of nitrogens with one attached hydrogen (secondary N) is 1. The highest BCUT2D eigenvalue weighted by Crippen LogP contribution is 2.21. The van der Waals surface area contributed by atoms with Gasteiger partial charge in [-0.05, 0) is 17.7 Å². The normalized spacial score (nSPS) is 10.3. The van der Waals surface area contributed by atoms with Gasteiger partial charge in [0.15, 0.2) is 5.13 Å². The van der Waals surface area contributed by atoms with Gasteiger partial charge >= 0.3 is 5.97 Å². The van der Waals surface area contributed by atoms with E-state index in [1.807, 2.05) is 30.3 Å². The molecule has 126 valence electrons. The number of rotatable bonds is 5. The molecular formula is C18H15N3O3S. The number of hydrogen-bond acceptors (Lipinski definition) is 6. The molecule has 0 saturated heterocycles. The van der Waals surface area contributed by atoms with Gasteiger partial charge in [-0.1, -0.05) is 30.3 Å². The second-order valence-corrected chi connectivity index (χ2v) is 6.29. The number of pyridine rings is 1. The molecule has 0 atom stereocenters. The summed E-state index contributed by atoms with van der Waals surface area (Å²) in [6.45, 7) is 0. The Morgan fingerprint density at radius 2 is 1.88 bits per heavy atom. The maximum atomic E-state index is 12.2. The minimum Gasteiger partial charge on any atom is -0.465 e. The molecule has 0 unspecified atom stereocenters. The number of amides is 1. The molecule has 0 aliphatic rings. The number of methoxy groups -OCH3 is 1. The average molecular weight is 353 g/mol. The van der Waals surface area contributed by atoms with Crippen LogP contribution in [0, 0.1) is 0 Å². The quantitative estimate of drug-likeness (QED) is 0.713. The van der Waals surface area contributed by atoms with E-state index in [0.29, 0.717) is 10.7 Å². The van der Waals surface area contributed by atoms with Gasteiger partial charge in [-0.3, -0.25) is 15.1 Å². The van der Waals surface area contributed by atoms with Crippen LogP contribution in [0.15, 0.2) is 54.9 Å². The minimum absolute atomic E-state index is 0.201. The largest absolute Gasteiger partial charge is 0.465 e. The molecule has 0 aliphatic heterocycles. The Labute approximate surface area is 148 Å². The summed E-state index contributed by atoms with van der Waals surface area (Å²) in [5.74, 6) is -0.873. The minimum atomic E-state index is -0.495. The van der Waals surface area contributed by atoms with Gasteiger partial charge in [0, 0.05) is 23.7 Å². The highest BCUT2D eigenvalue weighted by Gasteiger charge is 2.12. The molecule has 0 radical (unpaired) electrons. The number of ether oxygens (including phenoxy) is 1. The van der Waals surface area contributed by atoms with Gasteiger partial charge in [-0.2, -0.15) is 0 Å². The van der Waals surface area contributed by atoms with Crippen LogP contribution in [0.2, 0.25) is 0 Å². The number of hydrogen-bond donors (Lipinski definition) is 1. The zero-order chi connectivity index (χ0) is 17.6. The Hall–Kier alpha value is -3.06. The molecule has 1 aromatic carbocycles. The van der Waals surface area contributed by atoms with Crippen molar-refractivity contribution in [2.45, 2.75) is 6.42 Å². The van der Waals surface area contributed by atoms with E-state index < -0.39 is 5.97 Å². The Balaban J connectivity index is 1.64. The molecule has 0 spiro atoms. The van der Waals surface area contributed by atoms with Crippen molar-refractivity contribution in [3.8, 4) is 0 Å². The second kappa shape index (κ2) is 7.67. The van der Waals surface area contributed by atoms with Crippen molar-refractivity contribution in [2.24, 2.45) is 0 Å². The van der Waals surface area contributed by atoms with Crippen LogP contribution in [0.4, 0.5) is 5.13 Å². The Bertz CT molecular complexity index is 876. The van der Waals surface area contributed by atoms with Crippen molar-refractivity contribution < 1.29 is 14.3 Å². The van der Waals surface area contributed by atoms with Gasteiger partial charge in [0.2, 0.25) is 0 Å². The summed E-state index contributed by atoms with van der Waals surface area (Å²) in [7, 11) is 1.29. The van der Waals surface area contributed by atoms with Gasteiger partial charge < -0.3 is 4.74 Å². The maximum absolute atomic E-state index is 12.2. The molecule has 3 aromatic rings. The van der Waals surface area contributed by atoms with Gasteiger partial charge in [-0.15, -0.1) is 11.3 Å². The van der Waals surface area contributed by atoms with Crippen molar-refractivity contribution in [2.75, 3.05) is 12.4 Å². The molecule has 0 aliphatic carbocycles. The third-order valence-corrected chi connectivity index (χ3v) is 4.33. The van der Waals surface area contributed by atoms with E-state index in [4.69, 9.17) is 0 Å². The van der Waals surface area contributed by atoms with Gasteiger partial charge in [0.05, 0.1) is 12.7 Å². The highest BCUT2D eigenvalue weighted by atomic mass is 32.1. The van der Waals surface area contributed by atoms with E-state index in [1.54, 1.807) is 6.20 Å². The molecule has 0 bridgehead atoms. The second-order valence-electron chi connectivity index (χ2n) is 5.17. The lowest BCUT2D eigenvalue weighted by molar-refractivity contribution is 0.0600. The van der Waals surface area contributed by atoms with Crippen LogP contribution < -0.4 is 5.32 Å². The Morgan fingerprint density at radius 1 is 1.08 bits per heavy atom. The number of anilines is 1. The van der Waals surface area contributed by atoms with Crippen molar-refractivity contribution in [3.63, 3.8) is 0 Å². The van der Waals surface area contributed by atoms with Crippen LogP contribution >= 0.6 is 11.3 Å². The monoisotopic (exact) mass is 353 g/mol. The zero-order valence-corrected chi connectivity index (χ0v) is 14.2. The first-order valence-corrected chi connectivity index (χ1v) is 8.31. The van der Waals surface area contributed by atoms with Crippen LogP contribution in [-0.2, 0) is 11.2 Å². The van der Waals surface area contributed by atoms with E-state index in [1.165, 1.54) is 42.3 Å². The molecule has 7 heteroatoms. The lowest BCUT2D eigenvalue weighted by Gasteiger charge is -2.02. The fourth-order valence-electron chi connectivity index (χ4n) is 2.17. The highest BCUT2D eigenvalue weighted by molar-refractivity contribution is 7.15. The van der Waals surface area contributed by atoms with Crippen molar-refractivity contribution in [1.82, 2.24) is 9.97 Å². The summed E-state index contributed by atoms with van der Waals surface area (Å²) in [6.07, 6.45) is 3.82. The summed E-state index contributed by atoms with van der Waals surface area (Å²) >= 11 is 1.42. The van der Waals surface area contributed by atoms with E-state index in [-0.39, 0.29) is 11.6 Å². The summed E-state index contributed by atoms with van der Waals surface area (Å²) in [5, 5.41) is 3.23. The van der Waals surface area contributed by atoms with Gasteiger partial charge in [0.1, 0.15) is 5.69 Å². The van der Waals surface area contributed by atoms with Crippen LogP contribution in [0.5, 0.6) is 0 Å². The number of benzene rings is 1. The molecule has 2 aromatic heterocycles. The first kappa shape index (κ1) is 16.8. The molecule has 1 N–H and O–H groups in total. The number of aromatic nitrogens is 2. The third kappa shape index (κ3) is 4.27. The van der Waals surface area contributed by atoms with E-state index in [2.05, 4.69) is 20.0 Å². The van der Waals surface area contributed by atoms with Crippen LogP contribution in [0.25, 0.3) is 0 Å². The Kier molecular flexibility index (Phi) is 5.15. The number of esters is 1. The fraction of sp³-hybridized carbons (Fsp3) is 0.111. The van der Waals surface area contributed by atoms with Gasteiger partial charge in [0.25, 0.3) is 5.91 Å². The van der Waals surface area contributed by atoms with Crippen molar-refractivity contribution in [3.05, 3.63) is 76.6 Å². The maximum Gasteiger partial charge on any atom is 0.339 e. The van der Waals surface area contributed by atoms with E-state index in [9.17, 15) is 9.59 Å². The van der Waals surface area contributed by atoms with Crippen molar-refractivity contribution >= 4 is 28.3 Å². The van der Waals surface area contributed by atoms with Gasteiger partial charge in [-0.25, -0.2) is 9.78 Å². The molecule has 3 rings (SSSR count). The van der Waals surface area contributed by atoms with E-state index >= 15 is 0 Å². The molecular weight excluding hydrogens is 338 g/mol. The van der Waals surface area contributed by atoms with Crippen LogP contribution in [0.3, 0.4) is 0 Å². The van der Waals surface area contributed by atoms with Crippen molar-refractivity contribution in [1.29, 1.82) is 0 Å². The molecule has 2 heterocycles. The van der Waals surface area contributed by atoms with Crippen LogP contribution in [0.1, 0.15) is 31.3 Å². The predicted molar refractivity (Wildman–Crippen MR) is 94.9 cm³/mol. The molecule has 0 fully saturated rings. The topological polar surface area (TPSA) is 81.2 Å². The number of nitrogens with zero attached hydrogens (tertiary/aromatic N) is 2. The lowest BCUT2D eigenvalue weighted by Crippen LogP contribution is -2.14. The standard InChI is InChI=1S/C18H15N3O3S/c1-24-17(23)13-7-8-15(19-10-13)16(22)21-18-20-11-14(25-18)9-12-5-3-2-4-6-12/h2-8,10-11H,9H2,1H3,(H,20,21,22). The molecule has 6 nitrogen and oxygen atoms in total. The summed E-state index contributed by atoms with van der Waals surface area (Å²) in [4.78, 5) is 32.8. The summed E-state index contributed by atoms with van der Waals surface area (Å²) in [6, 6.07) is 13.0. The van der Waals surface area contributed by atoms with E-state index in [0.717, 1.165) is 11.3 Å². The first-order chi connectivity index (χ1) is 12.2. The smallest absolute Gasteiger partial charge is 0.339 e. The summed E-state index contributed by atoms with van der Waals surface area (Å²) in [5.41, 5.74) is 1.68. The summed E-state index contributed by atoms with van der Waals surface area (Å²) < 4.78 is 4.60. The molecule has 1 amide bonds. The zero-order valence-electron chi connectivity index (χ0n) is 13.4. The molecule has 0 saturated carbocycles. The van der Waals surface area contributed by atoms with Crippen LogP contribution in [-0.4, -0.2) is 29.0 Å². The average Bonchev–Trinajstić information content (AvgIpc) is 3.08. The lowest BCUT2D eigenvalue weighted by atomic mass is 10.1. The number of carbonyl (C=O) groups is 2. The predicted octanol–water partition coefficient (Wildman–Crippen LogP) is 3.17. The fourth-order valence-corrected chi connectivity index (χ4v) is 3.01. The number of carbonyl (C=O) groups excluding carboxylic acids is 2. The first-order valence-electron chi connectivity index (χ1n) is 7.50. The SMILES string of the molecule is COC(=O)c1ccc(C(=O)Nc2ncc(Cc3ccccc3)s2)nc1.